The van der Waals surface area contributed by atoms with Gasteiger partial charge in [0.05, 0.1) is 12.7 Å². The molecule has 0 aliphatic heterocycles. The van der Waals surface area contributed by atoms with Crippen LogP contribution in [0.15, 0.2) is 6.20 Å². The average molecular weight is 206 g/mol. The van der Waals surface area contributed by atoms with Gasteiger partial charge in [-0.25, -0.2) is 4.98 Å². The van der Waals surface area contributed by atoms with Crippen LogP contribution in [-0.4, -0.2) is 23.4 Å². The summed E-state index contributed by atoms with van der Waals surface area (Å²) in [5, 5.41) is 0. The van der Waals surface area contributed by atoms with Gasteiger partial charge in [0.1, 0.15) is 0 Å². The van der Waals surface area contributed by atoms with Gasteiger partial charge in [-0.15, -0.1) is 0 Å². The monoisotopic (exact) mass is 206 g/mol. The van der Waals surface area contributed by atoms with Crippen molar-refractivity contribution in [1.82, 2.24) is 9.97 Å². The average Bonchev–Trinajstić information content (AvgIpc) is 2.15. The largest absolute Gasteiger partial charge is 0.467 e. The van der Waals surface area contributed by atoms with Crippen molar-refractivity contribution in [2.75, 3.05) is 7.11 Å². The van der Waals surface area contributed by atoms with Crippen LogP contribution >= 0.6 is 0 Å². The summed E-state index contributed by atoms with van der Waals surface area (Å²) in [6, 6.07) is -0.428. The number of rotatable bonds is 2. The van der Waals surface area contributed by atoms with Crippen LogP contribution in [0.4, 0.5) is 13.2 Å². The Morgan fingerprint density at radius 3 is 2.57 bits per heavy atom. The summed E-state index contributed by atoms with van der Waals surface area (Å²) in [6.07, 6.45) is -3.88. The molecule has 1 rings (SSSR count). The van der Waals surface area contributed by atoms with Crippen molar-refractivity contribution in [3.05, 3.63) is 17.5 Å². The molecule has 0 saturated heterocycles. The van der Waals surface area contributed by atoms with Crippen molar-refractivity contribution in [2.45, 2.75) is 6.18 Å². The van der Waals surface area contributed by atoms with Gasteiger partial charge in [0.2, 0.25) is 0 Å². The number of carbonyl (C=O) groups excluding carboxylic acids is 1. The smallest absolute Gasteiger partial charge is 0.434 e. The maximum Gasteiger partial charge on any atom is 0.434 e. The highest BCUT2D eigenvalue weighted by Crippen LogP contribution is 2.30. The number of alkyl halides is 3. The number of hydrogen-bond acceptors (Lipinski definition) is 4. The fourth-order valence-corrected chi connectivity index (χ4v) is 0.787. The molecule has 4 nitrogen and oxygen atoms in total. The summed E-state index contributed by atoms with van der Waals surface area (Å²) in [5.74, 6) is 0. The molecule has 1 heterocycles. The molecule has 0 saturated carbocycles. The van der Waals surface area contributed by atoms with E-state index in [0.717, 1.165) is 13.3 Å². The van der Waals surface area contributed by atoms with Gasteiger partial charge in [0.15, 0.2) is 12.0 Å². The molecular weight excluding hydrogens is 201 g/mol. The lowest BCUT2D eigenvalue weighted by Crippen LogP contribution is -2.13. The van der Waals surface area contributed by atoms with Crippen LogP contribution in [0.25, 0.3) is 0 Å². The van der Waals surface area contributed by atoms with Crippen molar-refractivity contribution >= 4 is 6.29 Å². The second-order valence-corrected chi connectivity index (χ2v) is 2.28. The number of aldehydes is 1. The van der Waals surface area contributed by atoms with Gasteiger partial charge < -0.3 is 4.74 Å². The standard InChI is InChI=1S/C7H5F3N2O2/c1-14-6-11-2-4(3-13)5(12-6)7(8,9)10/h2-3H,1H3. The Morgan fingerprint density at radius 2 is 2.14 bits per heavy atom. The fourth-order valence-electron chi connectivity index (χ4n) is 0.787. The summed E-state index contributed by atoms with van der Waals surface area (Å²) >= 11 is 0. The van der Waals surface area contributed by atoms with Gasteiger partial charge >= 0.3 is 12.2 Å². The number of carbonyl (C=O) groups is 1. The molecule has 0 spiro atoms. The lowest BCUT2D eigenvalue weighted by Gasteiger charge is -2.08. The summed E-state index contributed by atoms with van der Waals surface area (Å²) in [7, 11) is 1.13. The van der Waals surface area contributed by atoms with E-state index in [4.69, 9.17) is 0 Å². The van der Waals surface area contributed by atoms with Crippen LogP contribution in [-0.2, 0) is 6.18 Å². The quantitative estimate of drug-likeness (QED) is 0.684. The van der Waals surface area contributed by atoms with Crippen molar-refractivity contribution in [3.63, 3.8) is 0 Å². The molecule has 0 aromatic carbocycles. The third-order valence-corrected chi connectivity index (χ3v) is 1.37. The zero-order chi connectivity index (χ0) is 10.8. The van der Waals surface area contributed by atoms with E-state index in [1.54, 1.807) is 0 Å². The Hall–Kier alpha value is -1.66. The van der Waals surface area contributed by atoms with Crippen molar-refractivity contribution < 1.29 is 22.7 Å². The summed E-state index contributed by atoms with van der Waals surface area (Å²) in [5.41, 5.74) is -1.90. The van der Waals surface area contributed by atoms with Gasteiger partial charge in [0.25, 0.3) is 0 Å². The molecule has 0 fully saturated rings. The van der Waals surface area contributed by atoms with Gasteiger partial charge in [0, 0.05) is 6.20 Å². The van der Waals surface area contributed by atoms with E-state index < -0.39 is 23.4 Å². The van der Waals surface area contributed by atoms with Crippen molar-refractivity contribution in [1.29, 1.82) is 0 Å². The van der Waals surface area contributed by atoms with Crippen LogP contribution < -0.4 is 4.74 Å². The molecule has 0 atom stereocenters. The lowest BCUT2D eigenvalue weighted by atomic mass is 10.2. The normalized spacial score (nSPS) is 11.1. The SMILES string of the molecule is COc1ncc(C=O)c(C(F)(F)F)n1. The third kappa shape index (κ3) is 1.98. The first-order chi connectivity index (χ1) is 6.49. The summed E-state index contributed by atoms with van der Waals surface area (Å²) in [4.78, 5) is 16.7. The lowest BCUT2D eigenvalue weighted by molar-refractivity contribution is -0.141. The molecule has 1 aromatic rings. The Morgan fingerprint density at radius 1 is 1.50 bits per heavy atom. The van der Waals surface area contributed by atoms with Crippen molar-refractivity contribution in [2.24, 2.45) is 0 Å². The predicted octanol–water partition coefficient (Wildman–Crippen LogP) is 1.32. The van der Waals surface area contributed by atoms with E-state index in [2.05, 4.69) is 14.7 Å². The van der Waals surface area contributed by atoms with Crippen LogP contribution in [0.5, 0.6) is 6.01 Å². The molecule has 0 bridgehead atoms. The molecule has 0 radical (unpaired) electrons. The Bertz CT molecular complexity index is 351. The second-order valence-electron chi connectivity index (χ2n) is 2.28. The number of aromatic nitrogens is 2. The first-order valence-corrected chi connectivity index (χ1v) is 3.42. The molecule has 1 aromatic heterocycles. The van der Waals surface area contributed by atoms with Crippen LogP contribution in [0, 0.1) is 0 Å². The maximum absolute atomic E-state index is 12.2. The number of hydrogen-bond donors (Lipinski definition) is 0. The molecule has 0 aliphatic rings. The minimum atomic E-state index is -4.69. The number of halogens is 3. The zero-order valence-corrected chi connectivity index (χ0v) is 7.00. The fraction of sp³-hybridized carbons (Fsp3) is 0.286. The van der Waals surface area contributed by atoms with E-state index >= 15 is 0 Å². The molecule has 76 valence electrons. The third-order valence-electron chi connectivity index (χ3n) is 1.37. The van der Waals surface area contributed by atoms with Crippen LogP contribution in [0.2, 0.25) is 0 Å². The minimum Gasteiger partial charge on any atom is -0.467 e. The van der Waals surface area contributed by atoms with Crippen molar-refractivity contribution in [3.8, 4) is 6.01 Å². The number of methoxy groups -OCH3 is 1. The summed E-state index contributed by atoms with van der Waals surface area (Å²) < 4.78 is 41.2. The Balaban J connectivity index is 3.29. The second kappa shape index (κ2) is 3.60. The highest BCUT2D eigenvalue weighted by molar-refractivity contribution is 5.76. The topological polar surface area (TPSA) is 52.1 Å². The zero-order valence-electron chi connectivity index (χ0n) is 7.00. The number of ether oxygens (including phenoxy) is 1. The molecular formula is C7H5F3N2O2. The maximum atomic E-state index is 12.2. The molecule has 7 heteroatoms. The minimum absolute atomic E-state index is 0.0439. The highest BCUT2D eigenvalue weighted by Gasteiger charge is 2.36. The van der Waals surface area contributed by atoms with Gasteiger partial charge in [-0.2, -0.15) is 18.2 Å². The van der Waals surface area contributed by atoms with Gasteiger partial charge in [-0.1, -0.05) is 0 Å². The first kappa shape index (κ1) is 10.4. The van der Waals surface area contributed by atoms with Gasteiger partial charge in [-0.05, 0) is 0 Å². The van der Waals surface area contributed by atoms with E-state index in [0.29, 0.717) is 0 Å². The Kier molecular flexibility index (Phi) is 2.68. The molecule has 0 unspecified atom stereocenters. The van der Waals surface area contributed by atoms with E-state index in [-0.39, 0.29) is 6.29 Å². The van der Waals surface area contributed by atoms with E-state index in [1.165, 1.54) is 0 Å². The van der Waals surface area contributed by atoms with Crippen LogP contribution in [0.3, 0.4) is 0 Å². The van der Waals surface area contributed by atoms with Crippen LogP contribution in [0.1, 0.15) is 16.1 Å². The van der Waals surface area contributed by atoms with E-state index in [9.17, 15) is 18.0 Å². The van der Waals surface area contributed by atoms with E-state index in [1.807, 2.05) is 0 Å². The predicted molar refractivity (Wildman–Crippen MR) is 39.0 cm³/mol. The van der Waals surface area contributed by atoms with Gasteiger partial charge in [-0.3, -0.25) is 4.79 Å². The molecule has 0 aliphatic carbocycles. The molecule has 0 N–H and O–H groups in total. The number of nitrogens with zero attached hydrogens (tertiary/aromatic N) is 2. The first-order valence-electron chi connectivity index (χ1n) is 3.42. The highest BCUT2D eigenvalue weighted by atomic mass is 19.4. The summed E-state index contributed by atoms with van der Waals surface area (Å²) in [6.45, 7) is 0. The molecule has 14 heavy (non-hydrogen) atoms. The Labute approximate surface area is 76.7 Å². The molecule has 0 amide bonds.